The van der Waals surface area contributed by atoms with Gasteiger partial charge >= 0.3 is 5.97 Å². The fraction of sp³-hybridized carbons (Fsp3) is 0.278. The van der Waals surface area contributed by atoms with E-state index >= 15 is 0 Å². The Balaban J connectivity index is 2.10. The number of hydrogen-bond acceptors (Lipinski definition) is 4. The summed E-state index contributed by atoms with van der Waals surface area (Å²) in [5.41, 5.74) is 1.08. The number of hydrogen-bond donors (Lipinski definition) is 1. The molecule has 0 aliphatic carbocycles. The fourth-order valence-electron chi connectivity index (χ4n) is 2.10. The van der Waals surface area contributed by atoms with Crippen LogP contribution in [0.2, 0.25) is 0 Å². The molecule has 0 heterocycles. The number of aromatic carboxylic acids is 1. The molecule has 0 fully saturated rings. The van der Waals surface area contributed by atoms with Gasteiger partial charge in [-0.05, 0) is 30.7 Å². The van der Waals surface area contributed by atoms with E-state index in [0.29, 0.717) is 24.7 Å². The van der Waals surface area contributed by atoms with Gasteiger partial charge in [0.1, 0.15) is 29.8 Å². The van der Waals surface area contributed by atoms with Crippen LogP contribution in [0.25, 0.3) is 0 Å². The molecule has 0 aliphatic heterocycles. The molecule has 0 amide bonds. The van der Waals surface area contributed by atoms with Crippen LogP contribution in [0.3, 0.4) is 0 Å². The summed E-state index contributed by atoms with van der Waals surface area (Å²) >= 11 is 0. The Hall–Kier alpha value is -2.53. The highest BCUT2D eigenvalue weighted by Crippen LogP contribution is 2.26. The Labute approximate surface area is 135 Å². The molecule has 0 saturated heterocycles. The lowest BCUT2D eigenvalue weighted by Gasteiger charge is -2.16. The van der Waals surface area contributed by atoms with Crippen molar-refractivity contribution in [1.82, 2.24) is 0 Å². The Morgan fingerprint density at radius 2 is 1.91 bits per heavy atom. The van der Waals surface area contributed by atoms with Gasteiger partial charge in [0.15, 0.2) is 0 Å². The second-order valence-electron chi connectivity index (χ2n) is 5.12. The number of ether oxygens (including phenoxy) is 3. The van der Waals surface area contributed by atoms with Crippen LogP contribution in [-0.2, 0) is 11.3 Å². The summed E-state index contributed by atoms with van der Waals surface area (Å²) in [4.78, 5) is 11.4. The maximum atomic E-state index is 11.4. The minimum atomic E-state index is -1.06. The van der Waals surface area contributed by atoms with Crippen LogP contribution in [0.15, 0.2) is 48.5 Å². The van der Waals surface area contributed by atoms with Crippen LogP contribution in [0.5, 0.6) is 11.5 Å². The Kier molecular flexibility index (Phi) is 6.00. The third-order valence-corrected chi connectivity index (χ3v) is 3.16. The van der Waals surface area contributed by atoms with Gasteiger partial charge in [-0.25, -0.2) is 4.79 Å². The van der Waals surface area contributed by atoms with E-state index < -0.39 is 5.97 Å². The van der Waals surface area contributed by atoms with Crippen LogP contribution >= 0.6 is 0 Å². The molecule has 0 saturated carbocycles. The van der Waals surface area contributed by atoms with Gasteiger partial charge in [0.25, 0.3) is 0 Å². The smallest absolute Gasteiger partial charge is 0.339 e. The summed E-state index contributed by atoms with van der Waals surface area (Å²) in [6.07, 6.45) is -0.241. The molecule has 23 heavy (non-hydrogen) atoms. The van der Waals surface area contributed by atoms with Crippen LogP contribution < -0.4 is 9.47 Å². The lowest BCUT2D eigenvalue weighted by Crippen LogP contribution is -2.19. The van der Waals surface area contributed by atoms with Crippen molar-refractivity contribution in [3.63, 3.8) is 0 Å². The third-order valence-electron chi connectivity index (χ3n) is 3.16. The van der Waals surface area contributed by atoms with E-state index in [2.05, 4.69) is 0 Å². The minimum absolute atomic E-state index is 0.0681. The van der Waals surface area contributed by atoms with Gasteiger partial charge in [-0.15, -0.1) is 0 Å². The molecule has 0 aliphatic rings. The van der Waals surface area contributed by atoms with Crippen LogP contribution in [-0.4, -0.2) is 30.9 Å². The standard InChI is InChI=1S/C18H20O5/c1-13(11-21-2)23-17-9-8-15(10-16(17)18(19)20)22-12-14-6-4-3-5-7-14/h3-10,13H,11-12H2,1-2H3,(H,19,20)/t13-/m0/s1. The van der Waals surface area contributed by atoms with Crippen LogP contribution in [0.4, 0.5) is 0 Å². The summed E-state index contributed by atoms with van der Waals surface area (Å²) in [5, 5.41) is 9.35. The summed E-state index contributed by atoms with van der Waals surface area (Å²) < 4.78 is 16.2. The predicted octanol–water partition coefficient (Wildman–Crippen LogP) is 3.38. The van der Waals surface area contributed by atoms with E-state index in [1.54, 1.807) is 19.2 Å². The number of carboxylic acid groups (broad SMARTS) is 1. The van der Waals surface area contributed by atoms with Crippen molar-refractivity contribution in [2.24, 2.45) is 0 Å². The quantitative estimate of drug-likeness (QED) is 0.809. The average molecular weight is 316 g/mol. The molecule has 1 atom stereocenters. The van der Waals surface area contributed by atoms with E-state index in [1.807, 2.05) is 37.3 Å². The molecular formula is C18H20O5. The van der Waals surface area contributed by atoms with Crippen LogP contribution in [0.1, 0.15) is 22.8 Å². The van der Waals surface area contributed by atoms with Crippen LogP contribution in [0, 0.1) is 0 Å². The van der Waals surface area contributed by atoms with Crippen molar-refractivity contribution in [2.45, 2.75) is 19.6 Å². The van der Waals surface area contributed by atoms with Gasteiger partial charge in [-0.1, -0.05) is 30.3 Å². The van der Waals surface area contributed by atoms with E-state index in [9.17, 15) is 9.90 Å². The second kappa shape index (κ2) is 8.19. The number of carboxylic acids is 1. The molecule has 2 aromatic rings. The number of methoxy groups -OCH3 is 1. The SMILES string of the molecule is COC[C@H](C)Oc1ccc(OCc2ccccc2)cc1C(=O)O. The monoisotopic (exact) mass is 316 g/mol. The van der Waals surface area contributed by atoms with Gasteiger partial charge in [0.05, 0.1) is 6.61 Å². The average Bonchev–Trinajstić information content (AvgIpc) is 2.55. The highest BCUT2D eigenvalue weighted by atomic mass is 16.5. The van der Waals surface area contributed by atoms with Gasteiger partial charge in [0, 0.05) is 7.11 Å². The van der Waals surface area contributed by atoms with Gasteiger partial charge in [0.2, 0.25) is 0 Å². The molecule has 5 nitrogen and oxygen atoms in total. The van der Waals surface area contributed by atoms with Crippen molar-refractivity contribution in [3.8, 4) is 11.5 Å². The molecule has 0 aromatic heterocycles. The number of benzene rings is 2. The zero-order chi connectivity index (χ0) is 16.7. The number of carbonyl (C=O) groups is 1. The first kappa shape index (κ1) is 16.8. The van der Waals surface area contributed by atoms with Gasteiger partial charge < -0.3 is 19.3 Å². The maximum Gasteiger partial charge on any atom is 0.339 e. The van der Waals surface area contributed by atoms with Crippen molar-refractivity contribution in [2.75, 3.05) is 13.7 Å². The molecule has 0 spiro atoms. The molecular weight excluding hydrogens is 296 g/mol. The Morgan fingerprint density at radius 3 is 2.57 bits per heavy atom. The molecule has 1 N–H and O–H groups in total. The maximum absolute atomic E-state index is 11.4. The molecule has 122 valence electrons. The lowest BCUT2D eigenvalue weighted by atomic mass is 10.2. The number of rotatable bonds is 8. The summed E-state index contributed by atoms with van der Waals surface area (Å²) in [7, 11) is 1.57. The first-order valence-electron chi connectivity index (χ1n) is 7.30. The normalized spacial score (nSPS) is 11.7. The van der Waals surface area contributed by atoms with E-state index in [0.717, 1.165) is 5.56 Å². The summed E-state index contributed by atoms with van der Waals surface area (Å²) in [6, 6.07) is 14.5. The van der Waals surface area contributed by atoms with E-state index in [1.165, 1.54) is 6.07 Å². The van der Waals surface area contributed by atoms with Gasteiger partial charge in [-0.3, -0.25) is 0 Å². The Bertz CT molecular complexity index is 639. The predicted molar refractivity (Wildman–Crippen MR) is 86.1 cm³/mol. The minimum Gasteiger partial charge on any atom is -0.489 e. The first-order valence-corrected chi connectivity index (χ1v) is 7.30. The third kappa shape index (κ3) is 5.00. The highest BCUT2D eigenvalue weighted by molar-refractivity contribution is 5.91. The largest absolute Gasteiger partial charge is 0.489 e. The molecule has 5 heteroatoms. The van der Waals surface area contributed by atoms with E-state index in [-0.39, 0.29) is 11.7 Å². The first-order chi connectivity index (χ1) is 11.1. The van der Waals surface area contributed by atoms with Crippen molar-refractivity contribution < 1.29 is 24.1 Å². The molecule has 0 bridgehead atoms. The highest BCUT2D eigenvalue weighted by Gasteiger charge is 2.15. The Morgan fingerprint density at radius 1 is 1.17 bits per heavy atom. The second-order valence-corrected chi connectivity index (χ2v) is 5.12. The summed E-state index contributed by atoms with van der Waals surface area (Å²) in [6.45, 7) is 2.57. The molecule has 2 rings (SSSR count). The van der Waals surface area contributed by atoms with Gasteiger partial charge in [-0.2, -0.15) is 0 Å². The zero-order valence-corrected chi connectivity index (χ0v) is 13.2. The van der Waals surface area contributed by atoms with Crippen molar-refractivity contribution in [3.05, 3.63) is 59.7 Å². The molecule has 0 radical (unpaired) electrons. The molecule has 0 unspecified atom stereocenters. The summed E-state index contributed by atoms with van der Waals surface area (Å²) in [5.74, 6) is -0.276. The fourth-order valence-corrected chi connectivity index (χ4v) is 2.10. The zero-order valence-electron chi connectivity index (χ0n) is 13.2. The van der Waals surface area contributed by atoms with E-state index in [4.69, 9.17) is 14.2 Å². The lowest BCUT2D eigenvalue weighted by molar-refractivity contribution is 0.0673. The molecule has 2 aromatic carbocycles. The van der Waals surface area contributed by atoms with Crippen molar-refractivity contribution >= 4 is 5.97 Å². The van der Waals surface area contributed by atoms with Crippen molar-refractivity contribution in [1.29, 1.82) is 0 Å². The topological polar surface area (TPSA) is 65.0 Å².